The van der Waals surface area contributed by atoms with Crippen LogP contribution in [0.5, 0.6) is 0 Å². The summed E-state index contributed by atoms with van der Waals surface area (Å²) in [6.07, 6.45) is 0. The van der Waals surface area contributed by atoms with Crippen LogP contribution in [0.2, 0.25) is 0 Å². The third-order valence-corrected chi connectivity index (χ3v) is 5.60. The predicted molar refractivity (Wildman–Crippen MR) is 100 cm³/mol. The number of nitrogens with two attached hydrogens (primary N) is 1. The highest BCUT2D eigenvalue weighted by atomic mass is 32.2. The Morgan fingerprint density at radius 2 is 1.56 bits per heavy atom. The highest BCUT2D eigenvalue weighted by Gasteiger charge is 2.14. The van der Waals surface area contributed by atoms with Crippen LogP contribution in [0, 0.1) is 0 Å². The third-order valence-electron chi connectivity index (χ3n) is 3.33. The molecule has 128 valence electrons. The second-order valence-corrected chi connectivity index (χ2v) is 7.81. The first-order valence-electron chi connectivity index (χ1n) is 7.27. The first-order chi connectivity index (χ1) is 11.9. The molecule has 1 heterocycles. The number of hydrogen-bond acceptors (Lipinski definition) is 5. The number of rotatable bonds is 5. The normalized spacial score (nSPS) is 11.0. The van der Waals surface area contributed by atoms with Gasteiger partial charge in [-0.25, -0.2) is 8.42 Å². The van der Waals surface area contributed by atoms with E-state index in [4.69, 9.17) is 5.73 Å². The van der Waals surface area contributed by atoms with Gasteiger partial charge < -0.3 is 11.1 Å². The second-order valence-electron chi connectivity index (χ2n) is 5.18. The van der Waals surface area contributed by atoms with Crippen molar-refractivity contribution in [2.75, 3.05) is 15.8 Å². The number of benzene rings is 2. The van der Waals surface area contributed by atoms with Crippen LogP contribution in [0.15, 0.2) is 70.9 Å². The molecular formula is C17H15N3O3S2. The van der Waals surface area contributed by atoms with Gasteiger partial charge in [0.1, 0.15) is 0 Å². The van der Waals surface area contributed by atoms with Gasteiger partial charge in [-0.15, -0.1) is 11.3 Å². The molecule has 2 aromatic carbocycles. The maximum atomic E-state index is 12.4. The molecule has 3 aromatic rings. The van der Waals surface area contributed by atoms with Gasteiger partial charge in [0.2, 0.25) is 0 Å². The first kappa shape index (κ1) is 17.0. The molecule has 0 aliphatic rings. The van der Waals surface area contributed by atoms with E-state index in [-0.39, 0.29) is 10.8 Å². The average Bonchev–Trinajstić information content (AvgIpc) is 3.12. The predicted octanol–water partition coefficient (Wildman–Crippen LogP) is 3.38. The van der Waals surface area contributed by atoms with E-state index in [1.54, 1.807) is 48.5 Å². The number of carbonyl (C=O) groups excluding carboxylic acids is 1. The van der Waals surface area contributed by atoms with Gasteiger partial charge in [0.25, 0.3) is 15.9 Å². The van der Waals surface area contributed by atoms with Crippen LogP contribution in [0.1, 0.15) is 9.67 Å². The molecule has 1 amide bonds. The van der Waals surface area contributed by atoms with Gasteiger partial charge in [-0.2, -0.15) is 0 Å². The molecule has 0 aliphatic heterocycles. The van der Waals surface area contributed by atoms with Crippen molar-refractivity contribution in [1.82, 2.24) is 0 Å². The van der Waals surface area contributed by atoms with E-state index < -0.39 is 10.0 Å². The molecular weight excluding hydrogens is 358 g/mol. The molecule has 0 spiro atoms. The van der Waals surface area contributed by atoms with Crippen LogP contribution < -0.4 is 15.8 Å². The standard InChI is InChI=1S/C17H15N3O3S2/c18-12-3-5-14(6-4-12)20-25(22,23)15-9-7-13(8-10-15)19-17(21)16-2-1-11-24-16/h1-11,20H,18H2,(H,19,21). The van der Waals surface area contributed by atoms with Crippen LogP contribution in [0.25, 0.3) is 0 Å². The number of thiophene rings is 1. The Hall–Kier alpha value is -2.84. The molecule has 0 bridgehead atoms. The molecule has 4 N–H and O–H groups in total. The van der Waals surface area contributed by atoms with E-state index in [1.807, 2.05) is 5.38 Å². The van der Waals surface area contributed by atoms with Crippen molar-refractivity contribution in [3.05, 3.63) is 70.9 Å². The van der Waals surface area contributed by atoms with E-state index in [1.165, 1.54) is 23.5 Å². The minimum atomic E-state index is -3.72. The van der Waals surface area contributed by atoms with E-state index in [9.17, 15) is 13.2 Å². The molecule has 25 heavy (non-hydrogen) atoms. The van der Waals surface area contributed by atoms with E-state index in [0.29, 0.717) is 21.9 Å². The maximum Gasteiger partial charge on any atom is 0.265 e. The molecule has 8 heteroatoms. The monoisotopic (exact) mass is 373 g/mol. The van der Waals surface area contributed by atoms with E-state index >= 15 is 0 Å². The van der Waals surface area contributed by atoms with Crippen LogP contribution >= 0.6 is 11.3 Å². The van der Waals surface area contributed by atoms with Gasteiger partial charge in [0, 0.05) is 17.1 Å². The fourth-order valence-corrected chi connectivity index (χ4v) is 3.76. The summed E-state index contributed by atoms with van der Waals surface area (Å²) in [5, 5.41) is 4.53. The van der Waals surface area contributed by atoms with Gasteiger partial charge in [0.05, 0.1) is 9.77 Å². The molecule has 0 fully saturated rings. The smallest absolute Gasteiger partial charge is 0.265 e. The lowest BCUT2D eigenvalue weighted by atomic mass is 10.3. The molecule has 0 radical (unpaired) electrons. The van der Waals surface area contributed by atoms with Crippen molar-refractivity contribution in [2.45, 2.75) is 4.90 Å². The zero-order valence-corrected chi connectivity index (χ0v) is 14.6. The summed E-state index contributed by atoms with van der Waals surface area (Å²) in [6, 6.07) is 15.9. The van der Waals surface area contributed by atoms with Gasteiger partial charge in [-0.05, 0) is 60.0 Å². The Morgan fingerprint density at radius 1 is 0.920 bits per heavy atom. The van der Waals surface area contributed by atoms with Crippen LogP contribution in [0.3, 0.4) is 0 Å². The third kappa shape index (κ3) is 4.17. The Kier molecular flexibility index (Phi) is 4.73. The van der Waals surface area contributed by atoms with E-state index in [0.717, 1.165) is 0 Å². The summed E-state index contributed by atoms with van der Waals surface area (Å²) in [5.74, 6) is -0.231. The van der Waals surface area contributed by atoms with E-state index in [2.05, 4.69) is 10.0 Å². The number of nitrogen functional groups attached to an aromatic ring is 1. The quantitative estimate of drug-likeness (QED) is 0.597. The molecule has 0 saturated carbocycles. The number of anilines is 3. The number of sulfonamides is 1. The lowest BCUT2D eigenvalue weighted by Gasteiger charge is -2.09. The number of amides is 1. The lowest BCUT2D eigenvalue weighted by Crippen LogP contribution is -2.13. The molecule has 0 atom stereocenters. The zero-order valence-electron chi connectivity index (χ0n) is 13.0. The van der Waals surface area contributed by atoms with Crippen LogP contribution in [-0.2, 0) is 10.0 Å². The van der Waals surface area contributed by atoms with Gasteiger partial charge in [0.15, 0.2) is 0 Å². The van der Waals surface area contributed by atoms with Gasteiger partial charge in [-0.3, -0.25) is 9.52 Å². The molecule has 1 aromatic heterocycles. The minimum absolute atomic E-state index is 0.0958. The number of hydrogen-bond donors (Lipinski definition) is 3. The largest absolute Gasteiger partial charge is 0.399 e. The molecule has 0 saturated heterocycles. The van der Waals surface area contributed by atoms with Crippen LogP contribution in [-0.4, -0.2) is 14.3 Å². The Morgan fingerprint density at radius 3 is 2.16 bits per heavy atom. The fourth-order valence-electron chi connectivity index (χ4n) is 2.08. The summed E-state index contributed by atoms with van der Waals surface area (Å²) in [7, 11) is -3.72. The lowest BCUT2D eigenvalue weighted by molar-refractivity contribution is 0.103. The number of carbonyl (C=O) groups is 1. The second kappa shape index (κ2) is 6.96. The summed E-state index contributed by atoms with van der Waals surface area (Å²) < 4.78 is 27.2. The summed E-state index contributed by atoms with van der Waals surface area (Å²) >= 11 is 1.33. The van der Waals surface area contributed by atoms with Crippen molar-refractivity contribution in [1.29, 1.82) is 0 Å². The van der Waals surface area contributed by atoms with Gasteiger partial charge >= 0.3 is 0 Å². The van der Waals surface area contributed by atoms with Crippen molar-refractivity contribution in [3.63, 3.8) is 0 Å². The van der Waals surface area contributed by atoms with Gasteiger partial charge in [-0.1, -0.05) is 6.07 Å². The highest BCUT2D eigenvalue weighted by molar-refractivity contribution is 7.92. The maximum absolute atomic E-state index is 12.4. The fraction of sp³-hybridized carbons (Fsp3) is 0. The molecule has 0 unspecified atom stereocenters. The first-order valence-corrected chi connectivity index (χ1v) is 9.64. The molecule has 6 nitrogen and oxygen atoms in total. The zero-order chi connectivity index (χ0) is 17.9. The number of nitrogens with one attached hydrogen (secondary N) is 2. The van der Waals surface area contributed by atoms with Crippen molar-refractivity contribution in [3.8, 4) is 0 Å². The van der Waals surface area contributed by atoms with Crippen LogP contribution in [0.4, 0.5) is 17.1 Å². The van der Waals surface area contributed by atoms with Crippen molar-refractivity contribution >= 4 is 44.3 Å². The molecule has 0 aliphatic carbocycles. The Balaban J connectivity index is 1.72. The molecule has 3 rings (SSSR count). The Bertz CT molecular complexity index is 965. The minimum Gasteiger partial charge on any atom is -0.399 e. The average molecular weight is 373 g/mol. The summed E-state index contributed by atoms with van der Waals surface area (Å²) in [4.78, 5) is 12.7. The summed E-state index contributed by atoms with van der Waals surface area (Å²) in [5.41, 5.74) is 7.07. The Labute approximate surface area is 149 Å². The summed E-state index contributed by atoms with van der Waals surface area (Å²) in [6.45, 7) is 0. The highest BCUT2D eigenvalue weighted by Crippen LogP contribution is 2.20. The van der Waals surface area contributed by atoms with Crippen molar-refractivity contribution < 1.29 is 13.2 Å². The topological polar surface area (TPSA) is 101 Å². The SMILES string of the molecule is Nc1ccc(NS(=O)(=O)c2ccc(NC(=O)c3cccs3)cc2)cc1. The van der Waals surface area contributed by atoms with Crippen molar-refractivity contribution in [2.24, 2.45) is 0 Å².